The Hall–Kier alpha value is -1.22. The number of anilines is 1. The second-order valence-corrected chi connectivity index (χ2v) is 5.75. The summed E-state index contributed by atoms with van der Waals surface area (Å²) in [5, 5.41) is 6.64. The summed E-state index contributed by atoms with van der Waals surface area (Å²) in [6.45, 7) is 3.03. The highest BCUT2D eigenvalue weighted by Gasteiger charge is 2.24. The van der Waals surface area contributed by atoms with Crippen molar-refractivity contribution in [2.24, 2.45) is 11.8 Å². The van der Waals surface area contributed by atoms with E-state index in [2.05, 4.69) is 17.6 Å². The van der Waals surface area contributed by atoms with Crippen LogP contribution in [0.3, 0.4) is 0 Å². The maximum Gasteiger partial charge on any atom is 0.253 e. The van der Waals surface area contributed by atoms with Crippen LogP contribution in [0, 0.1) is 11.8 Å². The van der Waals surface area contributed by atoms with Gasteiger partial charge in [0.2, 0.25) is 0 Å². The maximum absolute atomic E-state index is 12.2. The molecule has 1 aliphatic rings. The molecule has 1 fully saturated rings. The fourth-order valence-electron chi connectivity index (χ4n) is 2.77. The zero-order valence-corrected chi connectivity index (χ0v) is 12.3. The highest BCUT2D eigenvalue weighted by molar-refractivity contribution is 6.31. The number of carbonyl (C=O) groups is 1. The number of rotatable bonds is 4. The number of hydrogen-bond acceptors (Lipinski definition) is 2. The lowest BCUT2D eigenvalue weighted by atomic mass is 9.98. The van der Waals surface area contributed by atoms with Gasteiger partial charge >= 0.3 is 0 Å². The second kappa shape index (κ2) is 6.29. The molecule has 1 saturated carbocycles. The Balaban J connectivity index is 2.01. The minimum atomic E-state index is -0.0500. The lowest BCUT2D eigenvalue weighted by Crippen LogP contribution is -2.30. The summed E-state index contributed by atoms with van der Waals surface area (Å²) >= 11 is 5.96. The Labute approximate surface area is 119 Å². The van der Waals surface area contributed by atoms with Crippen LogP contribution >= 0.6 is 11.6 Å². The summed E-state index contributed by atoms with van der Waals surface area (Å²) in [4.78, 5) is 12.2. The number of carbonyl (C=O) groups excluding carboxylic acids is 1. The molecule has 2 rings (SSSR count). The molecule has 1 aliphatic carbocycles. The molecular weight excluding hydrogens is 260 g/mol. The van der Waals surface area contributed by atoms with Crippen molar-refractivity contribution in [1.29, 1.82) is 0 Å². The van der Waals surface area contributed by atoms with E-state index in [1.165, 1.54) is 19.3 Å². The van der Waals surface area contributed by atoms with Crippen LogP contribution in [-0.2, 0) is 0 Å². The number of nitrogens with one attached hydrogen (secondary N) is 2. The average molecular weight is 281 g/mol. The predicted octanol–water partition coefficient (Wildman–Crippen LogP) is 3.55. The molecule has 19 heavy (non-hydrogen) atoms. The van der Waals surface area contributed by atoms with Crippen molar-refractivity contribution in [3.05, 3.63) is 28.8 Å². The molecule has 0 saturated heterocycles. The first-order chi connectivity index (χ1) is 9.11. The molecule has 1 aromatic carbocycles. The Morgan fingerprint density at radius 3 is 2.84 bits per heavy atom. The summed E-state index contributed by atoms with van der Waals surface area (Å²) in [5.41, 5.74) is 1.42. The largest absolute Gasteiger partial charge is 0.387 e. The summed E-state index contributed by atoms with van der Waals surface area (Å²) in [5.74, 6) is 1.27. The topological polar surface area (TPSA) is 41.1 Å². The van der Waals surface area contributed by atoms with Crippen molar-refractivity contribution in [1.82, 2.24) is 5.32 Å². The van der Waals surface area contributed by atoms with Crippen LogP contribution in [0.15, 0.2) is 18.2 Å². The van der Waals surface area contributed by atoms with E-state index in [9.17, 15) is 4.79 Å². The lowest BCUT2D eigenvalue weighted by molar-refractivity contribution is 0.0945. The molecule has 2 N–H and O–H groups in total. The summed E-state index contributed by atoms with van der Waals surface area (Å²) in [7, 11) is 1.80. The SMILES string of the molecule is CNc1ccc(Cl)cc1C(=O)NCC1CCCC1C. The van der Waals surface area contributed by atoms with E-state index in [0.717, 1.165) is 12.2 Å². The van der Waals surface area contributed by atoms with E-state index in [1.807, 2.05) is 6.07 Å². The van der Waals surface area contributed by atoms with Gasteiger partial charge in [0.05, 0.1) is 5.56 Å². The molecule has 0 bridgehead atoms. The first kappa shape index (κ1) is 14.2. The highest BCUT2D eigenvalue weighted by atomic mass is 35.5. The molecular formula is C15H21ClN2O. The van der Waals surface area contributed by atoms with Crippen LogP contribution in [0.2, 0.25) is 5.02 Å². The van der Waals surface area contributed by atoms with E-state index < -0.39 is 0 Å². The molecule has 0 heterocycles. The van der Waals surface area contributed by atoms with Crippen LogP contribution in [0.4, 0.5) is 5.69 Å². The molecule has 4 heteroatoms. The van der Waals surface area contributed by atoms with E-state index in [-0.39, 0.29) is 5.91 Å². The third-order valence-electron chi connectivity index (χ3n) is 4.06. The summed E-state index contributed by atoms with van der Waals surface area (Å²) in [6.07, 6.45) is 3.77. The molecule has 0 radical (unpaired) electrons. The van der Waals surface area contributed by atoms with Gasteiger partial charge in [-0.3, -0.25) is 4.79 Å². The van der Waals surface area contributed by atoms with E-state index >= 15 is 0 Å². The smallest absolute Gasteiger partial charge is 0.253 e. The molecule has 1 amide bonds. The fourth-order valence-corrected chi connectivity index (χ4v) is 2.94. The number of benzene rings is 1. The van der Waals surface area contributed by atoms with Gasteiger partial charge in [0.15, 0.2) is 0 Å². The van der Waals surface area contributed by atoms with Gasteiger partial charge in [0.1, 0.15) is 0 Å². The number of halogens is 1. The van der Waals surface area contributed by atoms with Gasteiger partial charge in [-0.1, -0.05) is 31.4 Å². The van der Waals surface area contributed by atoms with Crippen LogP contribution in [0.5, 0.6) is 0 Å². The minimum Gasteiger partial charge on any atom is -0.387 e. The van der Waals surface area contributed by atoms with E-state index in [1.54, 1.807) is 19.2 Å². The Kier molecular flexibility index (Phi) is 4.70. The van der Waals surface area contributed by atoms with Crippen LogP contribution in [0.1, 0.15) is 36.5 Å². The van der Waals surface area contributed by atoms with Crippen LogP contribution in [0.25, 0.3) is 0 Å². The minimum absolute atomic E-state index is 0.0500. The maximum atomic E-state index is 12.2. The Bertz CT molecular complexity index is 461. The van der Waals surface area contributed by atoms with Crippen molar-refractivity contribution in [3.8, 4) is 0 Å². The Morgan fingerprint density at radius 2 is 2.21 bits per heavy atom. The molecule has 0 aliphatic heterocycles. The molecule has 104 valence electrons. The van der Waals surface area contributed by atoms with E-state index in [4.69, 9.17) is 11.6 Å². The third-order valence-corrected chi connectivity index (χ3v) is 4.29. The summed E-state index contributed by atoms with van der Waals surface area (Å²) < 4.78 is 0. The van der Waals surface area contributed by atoms with Crippen molar-refractivity contribution < 1.29 is 4.79 Å². The van der Waals surface area contributed by atoms with Gasteiger partial charge in [-0.25, -0.2) is 0 Å². The summed E-state index contributed by atoms with van der Waals surface area (Å²) in [6, 6.07) is 5.32. The standard InChI is InChI=1S/C15H21ClN2O/c1-10-4-3-5-11(10)9-18-15(19)13-8-12(16)6-7-14(13)17-2/h6-8,10-11,17H,3-5,9H2,1-2H3,(H,18,19). The van der Waals surface area contributed by atoms with Gasteiger partial charge in [0.25, 0.3) is 5.91 Å². The zero-order chi connectivity index (χ0) is 13.8. The zero-order valence-electron chi connectivity index (χ0n) is 11.5. The van der Waals surface area contributed by atoms with Gasteiger partial charge in [-0.2, -0.15) is 0 Å². The van der Waals surface area contributed by atoms with Gasteiger partial charge < -0.3 is 10.6 Å². The van der Waals surface area contributed by atoms with Crippen molar-refractivity contribution >= 4 is 23.2 Å². The normalized spacial score (nSPS) is 22.3. The van der Waals surface area contributed by atoms with Gasteiger partial charge in [0, 0.05) is 24.3 Å². The first-order valence-electron chi connectivity index (χ1n) is 6.87. The van der Waals surface area contributed by atoms with Crippen molar-refractivity contribution in [3.63, 3.8) is 0 Å². The molecule has 3 nitrogen and oxygen atoms in total. The predicted molar refractivity (Wildman–Crippen MR) is 79.8 cm³/mol. The Morgan fingerprint density at radius 1 is 1.42 bits per heavy atom. The monoisotopic (exact) mass is 280 g/mol. The second-order valence-electron chi connectivity index (χ2n) is 5.32. The third kappa shape index (κ3) is 3.41. The van der Waals surface area contributed by atoms with E-state index in [0.29, 0.717) is 22.4 Å². The lowest BCUT2D eigenvalue weighted by Gasteiger charge is -2.17. The van der Waals surface area contributed by atoms with Gasteiger partial charge in [-0.05, 0) is 36.5 Å². The van der Waals surface area contributed by atoms with Crippen LogP contribution in [-0.4, -0.2) is 19.5 Å². The molecule has 0 aromatic heterocycles. The van der Waals surface area contributed by atoms with Gasteiger partial charge in [-0.15, -0.1) is 0 Å². The number of hydrogen-bond donors (Lipinski definition) is 2. The fraction of sp³-hybridized carbons (Fsp3) is 0.533. The molecule has 1 aromatic rings. The van der Waals surface area contributed by atoms with Crippen molar-refractivity contribution in [2.75, 3.05) is 18.9 Å². The highest BCUT2D eigenvalue weighted by Crippen LogP contribution is 2.30. The molecule has 2 atom stereocenters. The van der Waals surface area contributed by atoms with Crippen molar-refractivity contribution in [2.45, 2.75) is 26.2 Å². The quantitative estimate of drug-likeness (QED) is 0.886. The first-order valence-corrected chi connectivity index (χ1v) is 7.25. The average Bonchev–Trinajstić information content (AvgIpc) is 2.81. The molecule has 0 spiro atoms. The number of amides is 1. The van der Waals surface area contributed by atoms with Crippen LogP contribution < -0.4 is 10.6 Å². The molecule has 2 unspecified atom stereocenters.